The standard InChI is InChI=1S/C23H24ClFN2O3/c1-14(15-5-3-2-4-6-15)26-22(29)18-12-23(10-16(18)11-23)27-21(28)13-30-17-7-8-19(24)20(25)9-17/h2-9,14,16,18H,10-13H2,1H3,(H,26,29)(H,27,28)/t14?,16?,18-,23?/m1/s1. The van der Waals surface area contributed by atoms with Crippen LogP contribution in [0.25, 0.3) is 0 Å². The van der Waals surface area contributed by atoms with Crippen molar-refractivity contribution in [1.29, 1.82) is 0 Å². The van der Waals surface area contributed by atoms with Gasteiger partial charge in [-0.25, -0.2) is 4.39 Å². The summed E-state index contributed by atoms with van der Waals surface area (Å²) in [7, 11) is 0. The third-order valence-corrected chi connectivity index (χ3v) is 6.45. The number of carbonyl (C=O) groups is 2. The highest BCUT2D eigenvalue weighted by atomic mass is 35.5. The summed E-state index contributed by atoms with van der Waals surface area (Å²) >= 11 is 5.64. The lowest BCUT2D eigenvalue weighted by Crippen LogP contribution is -2.53. The van der Waals surface area contributed by atoms with Gasteiger partial charge in [0.15, 0.2) is 6.61 Å². The van der Waals surface area contributed by atoms with Crippen molar-refractivity contribution < 1.29 is 18.7 Å². The number of hydrogen-bond acceptors (Lipinski definition) is 3. The van der Waals surface area contributed by atoms with Crippen molar-refractivity contribution in [3.05, 3.63) is 64.9 Å². The maximum atomic E-state index is 13.5. The van der Waals surface area contributed by atoms with Crippen molar-refractivity contribution in [2.45, 2.75) is 37.8 Å². The van der Waals surface area contributed by atoms with E-state index in [1.165, 1.54) is 12.1 Å². The summed E-state index contributed by atoms with van der Waals surface area (Å²) in [6.45, 7) is 1.76. The average molecular weight is 431 g/mol. The molecule has 3 fully saturated rings. The monoisotopic (exact) mass is 430 g/mol. The van der Waals surface area contributed by atoms with Crippen molar-refractivity contribution in [3.8, 4) is 5.75 Å². The van der Waals surface area contributed by atoms with Crippen molar-refractivity contribution in [2.75, 3.05) is 6.61 Å². The molecular weight excluding hydrogens is 407 g/mol. The van der Waals surface area contributed by atoms with Crippen LogP contribution in [0.15, 0.2) is 48.5 Å². The minimum Gasteiger partial charge on any atom is -0.484 e. The highest BCUT2D eigenvalue weighted by Crippen LogP contribution is 2.55. The molecule has 3 saturated carbocycles. The van der Waals surface area contributed by atoms with Gasteiger partial charge in [0.2, 0.25) is 5.91 Å². The van der Waals surface area contributed by atoms with E-state index in [1.807, 2.05) is 37.3 Å². The summed E-state index contributed by atoms with van der Waals surface area (Å²) < 4.78 is 18.8. The molecule has 2 aromatic rings. The third kappa shape index (κ3) is 4.29. The fraction of sp³-hybridized carbons (Fsp3) is 0.391. The van der Waals surface area contributed by atoms with Gasteiger partial charge in [-0.3, -0.25) is 9.59 Å². The Kier molecular flexibility index (Phi) is 5.69. The summed E-state index contributed by atoms with van der Waals surface area (Å²) in [6.07, 6.45) is 2.23. The molecule has 2 atom stereocenters. The molecule has 7 heteroatoms. The molecule has 30 heavy (non-hydrogen) atoms. The number of amides is 2. The smallest absolute Gasteiger partial charge is 0.258 e. The molecule has 1 unspecified atom stereocenters. The van der Waals surface area contributed by atoms with Crippen LogP contribution in [0.3, 0.4) is 0 Å². The maximum Gasteiger partial charge on any atom is 0.258 e. The first-order valence-electron chi connectivity index (χ1n) is 10.1. The molecule has 2 bridgehead atoms. The predicted molar refractivity (Wildman–Crippen MR) is 112 cm³/mol. The molecule has 0 aromatic heterocycles. The zero-order chi connectivity index (χ0) is 21.3. The van der Waals surface area contributed by atoms with E-state index in [9.17, 15) is 14.0 Å². The fourth-order valence-corrected chi connectivity index (χ4v) is 4.75. The number of carbonyl (C=O) groups excluding carboxylic acids is 2. The van der Waals surface area contributed by atoms with Gasteiger partial charge < -0.3 is 15.4 Å². The molecule has 5 nitrogen and oxygen atoms in total. The number of ether oxygens (including phenoxy) is 1. The molecule has 0 aliphatic heterocycles. The molecule has 158 valence electrons. The average Bonchev–Trinajstić information content (AvgIpc) is 3.25. The van der Waals surface area contributed by atoms with E-state index in [1.54, 1.807) is 0 Å². The van der Waals surface area contributed by atoms with E-state index in [0.29, 0.717) is 12.3 Å². The summed E-state index contributed by atoms with van der Waals surface area (Å²) in [5.41, 5.74) is 0.726. The highest BCUT2D eigenvalue weighted by Gasteiger charge is 2.58. The van der Waals surface area contributed by atoms with Crippen LogP contribution in [0.4, 0.5) is 4.39 Å². The summed E-state index contributed by atoms with van der Waals surface area (Å²) in [4.78, 5) is 25.1. The van der Waals surface area contributed by atoms with E-state index in [2.05, 4.69) is 10.6 Å². The second kappa shape index (κ2) is 8.26. The minimum absolute atomic E-state index is 0.00283. The van der Waals surface area contributed by atoms with Gasteiger partial charge in [0.05, 0.1) is 11.1 Å². The normalized spacial score (nSPS) is 25.2. The number of hydrogen-bond donors (Lipinski definition) is 2. The van der Waals surface area contributed by atoms with Crippen LogP contribution in [-0.2, 0) is 9.59 Å². The number of rotatable bonds is 7. The largest absolute Gasteiger partial charge is 0.484 e. The molecular formula is C23H24ClFN2O3. The molecule has 0 spiro atoms. The predicted octanol–water partition coefficient (Wildman–Crippen LogP) is 4.02. The van der Waals surface area contributed by atoms with Gasteiger partial charge in [-0.05, 0) is 49.8 Å². The Morgan fingerprint density at radius 2 is 1.93 bits per heavy atom. The molecule has 0 radical (unpaired) electrons. The number of halogens is 2. The van der Waals surface area contributed by atoms with E-state index in [0.717, 1.165) is 24.5 Å². The Morgan fingerprint density at radius 3 is 2.63 bits per heavy atom. The first-order chi connectivity index (χ1) is 14.3. The van der Waals surface area contributed by atoms with Gasteiger partial charge in [0.1, 0.15) is 11.6 Å². The molecule has 2 aromatic carbocycles. The van der Waals surface area contributed by atoms with Crippen LogP contribution in [0, 0.1) is 17.7 Å². The third-order valence-electron chi connectivity index (χ3n) is 6.15. The van der Waals surface area contributed by atoms with Crippen molar-refractivity contribution in [2.24, 2.45) is 11.8 Å². The van der Waals surface area contributed by atoms with Crippen molar-refractivity contribution in [3.63, 3.8) is 0 Å². The van der Waals surface area contributed by atoms with Crippen LogP contribution >= 0.6 is 11.6 Å². The van der Waals surface area contributed by atoms with Crippen LogP contribution in [0.1, 0.15) is 37.8 Å². The first kappa shape index (κ1) is 20.7. The van der Waals surface area contributed by atoms with Gasteiger partial charge >= 0.3 is 0 Å². The number of fused-ring (bicyclic) bond motifs is 1. The molecule has 2 N–H and O–H groups in total. The lowest BCUT2D eigenvalue weighted by atomic mass is 9.76. The van der Waals surface area contributed by atoms with Gasteiger partial charge in [0.25, 0.3) is 5.91 Å². The number of benzene rings is 2. The Balaban J connectivity index is 1.27. The summed E-state index contributed by atoms with van der Waals surface area (Å²) in [5, 5.41) is 6.13. The lowest BCUT2D eigenvalue weighted by molar-refractivity contribution is -0.126. The zero-order valence-corrected chi connectivity index (χ0v) is 17.4. The Bertz CT molecular complexity index is 947. The molecule has 2 amide bonds. The van der Waals surface area contributed by atoms with Crippen LogP contribution in [0.5, 0.6) is 5.75 Å². The van der Waals surface area contributed by atoms with Gasteiger partial charge in [-0.1, -0.05) is 41.9 Å². The molecule has 0 saturated heterocycles. The van der Waals surface area contributed by atoms with E-state index in [4.69, 9.17) is 16.3 Å². The van der Waals surface area contributed by atoms with Crippen LogP contribution < -0.4 is 15.4 Å². The summed E-state index contributed by atoms with van der Waals surface area (Å²) in [6, 6.07) is 13.8. The second-order valence-electron chi connectivity index (χ2n) is 8.31. The van der Waals surface area contributed by atoms with E-state index < -0.39 is 5.82 Å². The van der Waals surface area contributed by atoms with Crippen molar-refractivity contribution in [1.82, 2.24) is 10.6 Å². The van der Waals surface area contributed by atoms with Gasteiger partial charge in [0, 0.05) is 17.5 Å². The van der Waals surface area contributed by atoms with Gasteiger partial charge in [-0.2, -0.15) is 0 Å². The Morgan fingerprint density at radius 1 is 1.20 bits per heavy atom. The lowest BCUT2D eigenvalue weighted by Gasteiger charge is -2.39. The Labute approximate surface area is 179 Å². The van der Waals surface area contributed by atoms with Crippen LogP contribution in [-0.4, -0.2) is 24.0 Å². The minimum atomic E-state index is -0.593. The second-order valence-corrected chi connectivity index (χ2v) is 8.72. The van der Waals surface area contributed by atoms with Crippen LogP contribution in [0.2, 0.25) is 5.02 Å². The van der Waals surface area contributed by atoms with Gasteiger partial charge in [-0.15, -0.1) is 0 Å². The van der Waals surface area contributed by atoms with E-state index >= 15 is 0 Å². The topological polar surface area (TPSA) is 67.4 Å². The van der Waals surface area contributed by atoms with Crippen molar-refractivity contribution >= 4 is 23.4 Å². The maximum absolute atomic E-state index is 13.5. The highest BCUT2D eigenvalue weighted by molar-refractivity contribution is 6.30. The molecule has 3 aliphatic rings. The molecule has 0 heterocycles. The molecule has 5 rings (SSSR count). The SMILES string of the molecule is CC(NC(=O)[C@@H]1CC2(NC(=O)COc3ccc(Cl)c(F)c3)CC1C2)c1ccccc1. The number of nitrogens with one attached hydrogen (secondary N) is 2. The first-order valence-corrected chi connectivity index (χ1v) is 10.5. The van der Waals surface area contributed by atoms with E-state index in [-0.39, 0.29) is 46.7 Å². The fourth-order valence-electron chi connectivity index (χ4n) is 4.64. The quantitative estimate of drug-likeness (QED) is 0.697. The zero-order valence-electron chi connectivity index (χ0n) is 16.7. The Hall–Kier alpha value is -2.60. The summed E-state index contributed by atoms with van der Waals surface area (Å²) in [5.74, 6) is -0.387. The molecule has 3 aliphatic carbocycles.